The van der Waals surface area contributed by atoms with Gasteiger partial charge in [0.2, 0.25) is 5.91 Å². The van der Waals surface area contributed by atoms with Gasteiger partial charge in [0.05, 0.1) is 11.4 Å². The van der Waals surface area contributed by atoms with Gasteiger partial charge >= 0.3 is 0 Å². The molecule has 0 unspecified atom stereocenters. The van der Waals surface area contributed by atoms with E-state index in [1.807, 2.05) is 54.6 Å². The average molecular weight is 270 g/mol. The summed E-state index contributed by atoms with van der Waals surface area (Å²) in [6, 6.07) is 17.1. The number of benzene rings is 2. The summed E-state index contributed by atoms with van der Waals surface area (Å²) in [6.45, 7) is 1.47. The predicted octanol–water partition coefficient (Wildman–Crippen LogP) is 2.52. The third kappa shape index (κ3) is 3.43. The molecule has 104 valence electrons. The van der Waals surface area contributed by atoms with Gasteiger partial charge in [0.1, 0.15) is 0 Å². The van der Waals surface area contributed by atoms with E-state index in [4.69, 9.17) is 5.84 Å². The Morgan fingerprint density at radius 2 is 1.65 bits per heavy atom. The van der Waals surface area contributed by atoms with E-state index < -0.39 is 0 Å². The first-order valence-corrected chi connectivity index (χ1v) is 5.92. The van der Waals surface area contributed by atoms with Crippen LogP contribution in [0.4, 0.5) is 5.69 Å². The van der Waals surface area contributed by atoms with Crippen molar-refractivity contribution in [2.45, 2.75) is 6.92 Å². The Labute approximate surface area is 118 Å². The number of nitrogens with one attached hydrogen (secondary N) is 1. The van der Waals surface area contributed by atoms with Crippen LogP contribution in [-0.2, 0) is 4.79 Å². The van der Waals surface area contributed by atoms with Crippen molar-refractivity contribution in [1.82, 2.24) is 6.15 Å². The van der Waals surface area contributed by atoms with Crippen LogP contribution in [0.1, 0.15) is 18.1 Å². The molecule has 0 saturated carbocycles. The second kappa shape index (κ2) is 7.06. The first-order chi connectivity index (χ1) is 9.22. The van der Waals surface area contributed by atoms with Crippen LogP contribution in [0.2, 0.25) is 0 Å². The van der Waals surface area contributed by atoms with Gasteiger partial charge < -0.3 is 17.3 Å². The highest BCUT2D eigenvalue weighted by molar-refractivity contribution is 6.16. The minimum absolute atomic E-state index is 0. The van der Waals surface area contributed by atoms with E-state index in [1.165, 1.54) is 6.92 Å². The third-order valence-corrected chi connectivity index (χ3v) is 2.67. The molecule has 0 heterocycles. The molecule has 0 aliphatic carbocycles. The fourth-order valence-electron chi connectivity index (χ4n) is 1.88. The summed E-state index contributed by atoms with van der Waals surface area (Å²) in [7, 11) is 0. The summed E-state index contributed by atoms with van der Waals surface area (Å²) in [5.74, 6) is 5.38. The highest BCUT2D eigenvalue weighted by Gasteiger charge is 2.11. The number of anilines is 1. The Kier molecular flexibility index (Phi) is 5.43. The maximum atomic E-state index is 11.2. The second-order valence-electron chi connectivity index (χ2n) is 4.07. The minimum Gasteiger partial charge on any atom is -0.344 e. The molecule has 5 nitrogen and oxygen atoms in total. The number of rotatable bonds is 3. The molecule has 0 fully saturated rings. The van der Waals surface area contributed by atoms with Crippen LogP contribution in [0.5, 0.6) is 0 Å². The smallest absolute Gasteiger partial charge is 0.221 e. The summed E-state index contributed by atoms with van der Waals surface area (Å²) in [4.78, 5) is 11.2. The van der Waals surface area contributed by atoms with Gasteiger partial charge in [0.15, 0.2) is 0 Å². The van der Waals surface area contributed by atoms with Gasteiger partial charge in [-0.05, 0) is 6.07 Å². The fraction of sp³-hybridized carbons (Fsp3) is 0.0667. The molecule has 20 heavy (non-hydrogen) atoms. The molecule has 0 spiro atoms. The Balaban J connectivity index is 0.00000200. The summed E-state index contributed by atoms with van der Waals surface area (Å²) >= 11 is 0. The van der Waals surface area contributed by atoms with E-state index >= 15 is 0 Å². The molecule has 1 amide bonds. The molecule has 2 rings (SSSR count). The van der Waals surface area contributed by atoms with E-state index in [1.54, 1.807) is 0 Å². The molecule has 0 aromatic heterocycles. The van der Waals surface area contributed by atoms with E-state index in [-0.39, 0.29) is 12.1 Å². The van der Waals surface area contributed by atoms with Crippen LogP contribution in [0, 0.1) is 0 Å². The summed E-state index contributed by atoms with van der Waals surface area (Å²) < 4.78 is 0. The van der Waals surface area contributed by atoms with Crippen molar-refractivity contribution in [2.75, 3.05) is 5.32 Å². The van der Waals surface area contributed by atoms with Gasteiger partial charge in [-0.25, -0.2) is 0 Å². The van der Waals surface area contributed by atoms with E-state index in [0.29, 0.717) is 11.4 Å². The summed E-state index contributed by atoms with van der Waals surface area (Å²) in [6.07, 6.45) is 0. The van der Waals surface area contributed by atoms with Crippen LogP contribution in [-0.4, -0.2) is 11.6 Å². The van der Waals surface area contributed by atoms with Gasteiger partial charge in [-0.3, -0.25) is 4.79 Å². The lowest BCUT2D eigenvalue weighted by Crippen LogP contribution is -2.13. The molecule has 0 atom stereocenters. The Hall–Kier alpha value is -2.66. The van der Waals surface area contributed by atoms with Crippen molar-refractivity contribution < 1.29 is 4.79 Å². The Morgan fingerprint density at radius 3 is 2.25 bits per heavy atom. The normalized spacial score (nSPS) is 10.6. The summed E-state index contributed by atoms with van der Waals surface area (Å²) in [5.41, 5.74) is 3.04. The monoisotopic (exact) mass is 270 g/mol. The zero-order chi connectivity index (χ0) is 13.7. The molecule has 0 aliphatic heterocycles. The van der Waals surface area contributed by atoms with E-state index in [0.717, 1.165) is 11.1 Å². The molecule has 0 aliphatic rings. The van der Waals surface area contributed by atoms with Crippen molar-refractivity contribution in [3.63, 3.8) is 0 Å². The third-order valence-electron chi connectivity index (χ3n) is 2.67. The standard InChI is InChI=1S/C15H15N3O.H3N/c1-11(19)17-14-10-6-5-9-13(14)15(18-16)12-7-3-2-4-8-12;/h2-10H,16H2,1H3,(H,17,19);1H3. The van der Waals surface area contributed by atoms with Gasteiger partial charge in [-0.15, -0.1) is 0 Å². The van der Waals surface area contributed by atoms with E-state index in [2.05, 4.69) is 10.4 Å². The SMILES string of the molecule is CC(=O)Nc1ccccc1C(=NN)c1ccccc1.N. The van der Waals surface area contributed by atoms with Gasteiger partial charge in [0.25, 0.3) is 0 Å². The first kappa shape index (κ1) is 15.4. The molecule has 6 N–H and O–H groups in total. The Morgan fingerprint density at radius 1 is 1.05 bits per heavy atom. The highest BCUT2D eigenvalue weighted by atomic mass is 16.1. The highest BCUT2D eigenvalue weighted by Crippen LogP contribution is 2.19. The maximum Gasteiger partial charge on any atom is 0.221 e. The van der Waals surface area contributed by atoms with Crippen molar-refractivity contribution in [3.8, 4) is 0 Å². The van der Waals surface area contributed by atoms with Crippen LogP contribution in [0.15, 0.2) is 59.7 Å². The number of nitrogens with two attached hydrogens (primary N) is 1. The van der Waals surface area contributed by atoms with Gasteiger partial charge in [0, 0.05) is 18.1 Å². The number of hydrogen-bond acceptors (Lipinski definition) is 4. The molecule has 0 bridgehead atoms. The molecule has 0 saturated heterocycles. The molecular formula is C15H18N4O. The molecule has 2 aromatic carbocycles. The largest absolute Gasteiger partial charge is 0.344 e. The van der Waals surface area contributed by atoms with Gasteiger partial charge in [-0.1, -0.05) is 48.5 Å². The van der Waals surface area contributed by atoms with Crippen LogP contribution >= 0.6 is 0 Å². The van der Waals surface area contributed by atoms with Crippen LogP contribution in [0.25, 0.3) is 0 Å². The number of nitrogens with zero attached hydrogens (tertiary/aromatic N) is 1. The number of carbonyl (C=O) groups is 1. The van der Waals surface area contributed by atoms with Gasteiger partial charge in [-0.2, -0.15) is 5.10 Å². The number of para-hydroxylation sites is 1. The average Bonchev–Trinajstić information content (AvgIpc) is 2.42. The molecule has 2 aromatic rings. The zero-order valence-electron chi connectivity index (χ0n) is 11.3. The minimum atomic E-state index is -0.128. The molecule has 0 radical (unpaired) electrons. The van der Waals surface area contributed by atoms with E-state index in [9.17, 15) is 4.79 Å². The number of amides is 1. The second-order valence-corrected chi connectivity index (χ2v) is 4.07. The van der Waals surface area contributed by atoms with Crippen LogP contribution < -0.4 is 17.3 Å². The Bertz CT molecular complexity index is 608. The fourth-order valence-corrected chi connectivity index (χ4v) is 1.88. The van der Waals surface area contributed by atoms with Crippen molar-refractivity contribution in [3.05, 3.63) is 65.7 Å². The zero-order valence-corrected chi connectivity index (χ0v) is 11.3. The van der Waals surface area contributed by atoms with Crippen LogP contribution in [0.3, 0.4) is 0 Å². The van der Waals surface area contributed by atoms with Crippen molar-refractivity contribution >= 4 is 17.3 Å². The lowest BCUT2D eigenvalue weighted by atomic mass is 10.0. The molecule has 5 heteroatoms. The lowest BCUT2D eigenvalue weighted by Gasteiger charge is -2.11. The maximum absolute atomic E-state index is 11.2. The topological polar surface area (TPSA) is 102 Å². The number of carbonyl (C=O) groups excluding carboxylic acids is 1. The predicted molar refractivity (Wildman–Crippen MR) is 82.0 cm³/mol. The lowest BCUT2D eigenvalue weighted by molar-refractivity contribution is -0.114. The number of hydrazone groups is 1. The quantitative estimate of drug-likeness (QED) is 0.453. The summed E-state index contributed by atoms with van der Waals surface area (Å²) in [5, 5.41) is 6.64. The first-order valence-electron chi connectivity index (χ1n) is 5.92. The van der Waals surface area contributed by atoms with Crippen molar-refractivity contribution in [2.24, 2.45) is 10.9 Å². The molecular weight excluding hydrogens is 252 g/mol. The van der Waals surface area contributed by atoms with Crippen molar-refractivity contribution in [1.29, 1.82) is 0 Å². The number of hydrogen-bond donors (Lipinski definition) is 3.